The number of hydrogen-bond acceptors (Lipinski definition) is 5. The van der Waals surface area contributed by atoms with Crippen LogP contribution in [0.5, 0.6) is 5.75 Å². The first-order valence-electron chi connectivity index (χ1n) is 8.37. The third-order valence-electron chi connectivity index (χ3n) is 4.34. The molecule has 0 unspecified atom stereocenters. The molecule has 1 aliphatic rings. The number of carbonyl (C=O) groups excluding carboxylic acids is 3. The summed E-state index contributed by atoms with van der Waals surface area (Å²) in [5, 5.41) is 0.511. The van der Waals surface area contributed by atoms with Crippen molar-refractivity contribution in [2.75, 3.05) is 25.2 Å². The van der Waals surface area contributed by atoms with Crippen LogP contribution in [0.3, 0.4) is 0 Å². The number of carbonyl (C=O) groups is 3. The van der Waals surface area contributed by atoms with Crippen LogP contribution in [0, 0.1) is 5.92 Å². The lowest BCUT2D eigenvalue weighted by Crippen LogP contribution is -2.27. The minimum atomic E-state index is -0.611. The maximum Gasteiger partial charge on any atom is 0.311 e. The van der Waals surface area contributed by atoms with Crippen LogP contribution in [-0.4, -0.2) is 37.9 Å². The number of benzene rings is 2. The molecule has 0 N–H and O–H groups in total. The van der Waals surface area contributed by atoms with Gasteiger partial charge in [0.2, 0.25) is 5.91 Å². The van der Waals surface area contributed by atoms with E-state index in [1.165, 1.54) is 12.0 Å². The highest BCUT2D eigenvalue weighted by Crippen LogP contribution is 2.27. The first-order valence-corrected chi connectivity index (χ1v) is 8.75. The van der Waals surface area contributed by atoms with Crippen molar-refractivity contribution in [3.05, 3.63) is 59.1 Å². The van der Waals surface area contributed by atoms with Crippen molar-refractivity contribution < 1.29 is 23.9 Å². The van der Waals surface area contributed by atoms with Crippen LogP contribution in [0.4, 0.5) is 5.69 Å². The zero-order chi connectivity index (χ0) is 19.4. The number of esters is 1. The number of methoxy groups -OCH3 is 1. The average Bonchev–Trinajstić information content (AvgIpc) is 3.07. The third-order valence-corrected chi connectivity index (χ3v) is 4.57. The lowest BCUT2D eigenvalue weighted by atomic mass is 10.1. The van der Waals surface area contributed by atoms with Crippen LogP contribution in [0.25, 0.3) is 0 Å². The van der Waals surface area contributed by atoms with E-state index in [1.807, 2.05) is 0 Å². The Morgan fingerprint density at radius 2 is 1.93 bits per heavy atom. The number of rotatable bonds is 6. The fraction of sp³-hybridized carbons (Fsp3) is 0.250. The molecule has 0 saturated carbocycles. The Labute approximate surface area is 161 Å². The van der Waals surface area contributed by atoms with Crippen molar-refractivity contribution in [1.29, 1.82) is 0 Å². The molecular weight excluding hydrogens is 370 g/mol. The predicted molar refractivity (Wildman–Crippen MR) is 100 cm³/mol. The minimum Gasteiger partial charge on any atom is -0.497 e. The summed E-state index contributed by atoms with van der Waals surface area (Å²) < 4.78 is 10.2. The van der Waals surface area contributed by atoms with Gasteiger partial charge in [-0.2, -0.15) is 0 Å². The normalized spacial score (nSPS) is 16.3. The molecule has 0 spiro atoms. The number of hydrogen-bond donors (Lipinski definition) is 0. The zero-order valence-electron chi connectivity index (χ0n) is 14.7. The van der Waals surface area contributed by atoms with E-state index in [0.717, 1.165) is 0 Å². The highest BCUT2D eigenvalue weighted by Gasteiger charge is 2.36. The molecular formula is C20H18ClNO5. The summed E-state index contributed by atoms with van der Waals surface area (Å²) in [4.78, 5) is 38.1. The maximum absolute atomic E-state index is 12.3. The van der Waals surface area contributed by atoms with Crippen molar-refractivity contribution in [2.24, 2.45) is 5.92 Å². The van der Waals surface area contributed by atoms with Crippen molar-refractivity contribution in [2.45, 2.75) is 6.42 Å². The summed E-state index contributed by atoms with van der Waals surface area (Å²) in [6, 6.07) is 13.4. The van der Waals surface area contributed by atoms with E-state index in [9.17, 15) is 14.4 Å². The minimum absolute atomic E-state index is 0.0437. The summed E-state index contributed by atoms with van der Waals surface area (Å²) in [7, 11) is 1.54. The Hall–Kier alpha value is -2.86. The summed E-state index contributed by atoms with van der Waals surface area (Å²) >= 11 is 5.96. The van der Waals surface area contributed by atoms with Gasteiger partial charge in [-0.3, -0.25) is 14.4 Å². The van der Waals surface area contributed by atoms with Crippen molar-refractivity contribution in [1.82, 2.24) is 0 Å². The summed E-state index contributed by atoms with van der Waals surface area (Å²) in [6.07, 6.45) is 0.0437. The lowest BCUT2D eigenvalue weighted by Gasteiger charge is -2.16. The molecule has 0 aliphatic carbocycles. The van der Waals surface area contributed by atoms with Crippen LogP contribution in [0.1, 0.15) is 16.8 Å². The van der Waals surface area contributed by atoms with Gasteiger partial charge in [-0.15, -0.1) is 0 Å². The number of amides is 1. The molecule has 1 atom stereocenters. The number of Topliss-reactive ketones (excluding diaryl/α,β-unsaturated/α-hetero) is 1. The molecule has 3 rings (SSSR count). The number of ketones is 1. The molecule has 6 nitrogen and oxygen atoms in total. The summed E-state index contributed by atoms with van der Waals surface area (Å²) in [5.41, 5.74) is 1.06. The van der Waals surface area contributed by atoms with Gasteiger partial charge in [-0.1, -0.05) is 17.7 Å². The molecule has 1 fully saturated rings. The van der Waals surface area contributed by atoms with E-state index in [2.05, 4.69) is 0 Å². The van der Waals surface area contributed by atoms with E-state index in [4.69, 9.17) is 21.1 Å². The van der Waals surface area contributed by atoms with Crippen LogP contribution in [0.2, 0.25) is 5.02 Å². The van der Waals surface area contributed by atoms with E-state index in [1.54, 1.807) is 48.5 Å². The van der Waals surface area contributed by atoms with Crippen LogP contribution < -0.4 is 9.64 Å². The molecule has 140 valence electrons. The van der Waals surface area contributed by atoms with Gasteiger partial charge in [0.05, 0.1) is 13.0 Å². The van der Waals surface area contributed by atoms with Gasteiger partial charge >= 0.3 is 5.97 Å². The third kappa shape index (κ3) is 4.46. The Bertz CT molecular complexity index is 865. The molecule has 0 aromatic heterocycles. The van der Waals surface area contributed by atoms with Crippen LogP contribution in [-0.2, 0) is 14.3 Å². The second-order valence-electron chi connectivity index (χ2n) is 6.14. The smallest absolute Gasteiger partial charge is 0.311 e. The molecule has 0 bridgehead atoms. The topological polar surface area (TPSA) is 72.9 Å². The van der Waals surface area contributed by atoms with Crippen molar-refractivity contribution in [3.8, 4) is 5.75 Å². The summed E-state index contributed by atoms with van der Waals surface area (Å²) in [5.74, 6) is -1.04. The van der Waals surface area contributed by atoms with Crippen LogP contribution in [0.15, 0.2) is 48.5 Å². The molecule has 27 heavy (non-hydrogen) atoms. The average molecular weight is 388 g/mol. The van der Waals surface area contributed by atoms with Gasteiger partial charge in [0, 0.05) is 29.2 Å². The molecule has 2 aromatic carbocycles. The largest absolute Gasteiger partial charge is 0.497 e. The number of nitrogens with zero attached hydrogens (tertiary/aromatic N) is 1. The number of halogens is 1. The fourth-order valence-corrected chi connectivity index (χ4v) is 3.06. The Balaban J connectivity index is 1.56. The number of ether oxygens (including phenoxy) is 2. The van der Waals surface area contributed by atoms with E-state index >= 15 is 0 Å². The first kappa shape index (κ1) is 18.9. The van der Waals surface area contributed by atoms with E-state index < -0.39 is 11.9 Å². The molecule has 2 aromatic rings. The van der Waals surface area contributed by atoms with Gasteiger partial charge in [-0.25, -0.2) is 0 Å². The van der Waals surface area contributed by atoms with E-state index in [0.29, 0.717) is 22.0 Å². The molecule has 7 heteroatoms. The second kappa shape index (κ2) is 8.22. The summed E-state index contributed by atoms with van der Waals surface area (Å²) in [6.45, 7) is -0.165. The quantitative estimate of drug-likeness (QED) is 0.562. The molecule has 0 radical (unpaired) electrons. The van der Waals surface area contributed by atoms with Crippen LogP contribution >= 0.6 is 11.6 Å². The lowest BCUT2D eigenvalue weighted by molar-refractivity contribution is -0.147. The first-order chi connectivity index (χ1) is 13.0. The monoisotopic (exact) mass is 387 g/mol. The highest BCUT2D eigenvalue weighted by molar-refractivity contribution is 6.31. The van der Waals surface area contributed by atoms with Crippen molar-refractivity contribution >= 4 is 34.9 Å². The van der Waals surface area contributed by atoms with Gasteiger partial charge in [0.25, 0.3) is 0 Å². The maximum atomic E-state index is 12.3. The Kier molecular flexibility index (Phi) is 5.76. The SMILES string of the molecule is COc1ccc(C(=O)COC(=O)[C@@H]2CC(=O)N(c3cccc(Cl)c3)C2)cc1. The Morgan fingerprint density at radius 3 is 2.59 bits per heavy atom. The van der Waals surface area contributed by atoms with Gasteiger partial charge < -0.3 is 14.4 Å². The van der Waals surface area contributed by atoms with Crippen molar-refractivity contribution in [3.63, 3.8) is 0 Å². The standard InChI is InChI=1S/C20H18ClNO5/c1-26-17-7-5-13(6-8-17)18(23)12-27-20(25)14-9-19(24)22(11-14)16-4-2-3-15(21)10-16/h2-8,10,14H,9,11-12H2,1H3/t14-/m1/s1. The molecule has 1 saturated heterocycles. The highest BCUT2D eigenvalue weighted by atomic mass is 35.5. The van der Waals surface area contributed by atoms with E-state index in [-0.39, 0.29) is 31.3 Å². The Morgan fingerprint density at radius 1 is 1.19 bits per heavy atom. The molecule has 1 amide bonds. The predicted octanol–water partition coefficient (Wildman–Crippen LogP) is 3.13. The second-order valence-corrected chi connectivity index (χ2v) is 6.58. The molecule has 1 aliphatic heterocycles. The van der Waals surface area contributed by atoms with Gasteiger partial charge in [0.15, 0.2) is 12.4 Å². The van der Waals surface area contributed by atoms with Gasteiger partial charge in [0.1, 0.15) is 5.75 Å². The fourth-order valence-electron chi connectivity index (χ4n) is 2.87. The zero-order valence-corrected chi connectivity index (χ0v) is 15.4. The molecule has 1 heterocycles. The number of anilines is 1. The van der Waals surface area contributed by atoms with Gasteiger partial charge in [-0.05, 0) is 42.5 Å².